The summed E-state index contributed by atoms with van der Waals surface area (Å²) in [5.41, 5.74) is 0.837. The third kappa shape index (κ3) is 4.46. The highest BCUT2D eigenvalue weighted by molar-refractivity contribution is 7.92. The normalized spacial score (nSPS) is 33.4. The number of rotatable bonds is 5. The van der Waals surface area contributed by atoms with Gasteiger partial charge < -0.3 is 23.7 Å². The van der Waals surface area contributed by atoms with Crippen LogP contribution in [-0.4, -0.2) is 83.1 Å². The first-order valence-electron chi connectivity index (χ1n) is 11.2. The molecule has 2 aromatic rings. The van der Waals surface area contributed by atoms with Gasteiger partial charge in [0.15, 0.2) is 22.4 Å². The quantitative estimate of drug-likeness (QED) is 0.650. The van der Waals surface area contributed by atoms with Crippen molar-refractivity contribution in [2.45, 2.75) is 41.0 Å². The van der Waals surface area contributed by atoms with Gasteiger partial charge in [0.1, 0.15) is 17.5 Å². The summed E-state index contributed by atoms with van der Waals surface area (Å²) in [7, 11) is -2.26. The van der Waals surface area contributed by atoms with E-state index in [1.54, 1.807) is 37.4 Å². The Labute approximate surface area is 194 Å². The Morgan fingerprint density at radius 3 is 2.27 bits per heavy atom. The fraction of sp³-hybridized carbons (Fsp3) is 0.500. The molecule has 9 heteroatoms. The van der Waals surface area contributed by atoms with Crippen LogP contribution in [0.3, 0.4) is 0 Å². The van der Waals surface area contributed by atoms with Crippen molar-refractivity contribution in [3.05, 3.63) is 66.2 Å². The second-order valence-electron chi connectivity index (χ2n) is 8.42. The molecular weight excluding hydrogens is 446 g/mol. The van der Waals surface area contributed by atoms with Crippen LogP contribution in [0.2, 0.25) is 0 Å². The molecule has 0 spiro atoms. The number of ether oxygens (including phenoxy) is 5. The lowest BCUT2D eigenvalue weighted by molar-refractivity contribution is -0.325. The van der Waals surface area contributed by atoms with Crippen LogP contribution in [0.25, 0.3) is 0 Å². The average Bonchev–Trinajstić information content (AvgIpc) is 2.88. The van der Waals surface area contributed by atoms with Gasteiger partial charge in [-0.15, -0.1) is 0 Å². The highest BCUT2D eigenvalue weighted by atomic mass is 32.2. The number of hydrogen-bond acceptors (Lipinski definition) is 8. The summed E-state index contributed by atoms with van der Waals surface area (Å²) >= 11 is 0. The van der Waals surface area contributed by atoms with Crippen LogP contribution in [0.1, 0.15) is 11.9 Å². The second-order valence-corrected chi connectivity index (χ2v) is 10.5. The van der Waals surface area contributed by atoms with E-state index in [4.69, 9.17) is 23.7 Å². The third-order valence-electron chi connectivity index (χ3n) is 6.51. The summed E-state index contributed by atoms with van der Waals surface area (Å²) in [4.78, 5) is 2.35. The van der Waals surface area contributed by atoms with E-state index in [1.165, 1.54) is 0 Å². The second kappa shape index (κ2) is 9.79. The highest BCUT2D eigenvalue weighted by Gasteiger charge is 2.57. The molecule has 0 N–H and O–H groups in total. The molecule has 0 bridgehead atoms. The first kappa shape index (κ1) is 22.9. The van der Waals surface area contributed by atoms with E-state index in [-0.39, 0.29) is 11.5 Å². The Morgan fingerprint density at radius 1 is 0.939 bits per heavy atom. The Bertz CT molecular complexity index is 1010. The smallest absolute Gasteiger partial charge is 0.185 e. The predicted octanol–water partition coefficient (Wildman–Crippen LogP) is 2.02. The lowest BCUT2D eigenvalue weighted by Gasteiger charge is -2.52. The van der Waals surface area contributed by atoms with Gasteiger partial charge in [-0.2, -0.15) is 0 Å². The minimum atomic E-state index is -3.80. The maximum absolute atomic E-state index is 14.1. The van der Waals surface area contributed by atoms with Crippen LogP contribution in [0, 0.1) is 0 Å². The van der Waals surface area contributed by atoms with E-state index >= 15 is 0 Å². The molecule has 2 aromatic carbocycles. The van der Waals surface area contributed by atoms with E-state index in [2.05, 4.69) is 4.90 Å². The summed E-state index contributed by atoms with van der Waals surface area (Å²) in [5, 5.41) is -0.906. The van der Waals surface area contributed by atoms with E-state index < -0.39 is 45.9 Å². The molecule has 3 fully saturated rings. The fourth-order valence-electron chi connectivity index (χ4n) is 4.92. The molecule has 5 rings (SSSR count). The first-order valence-corrected chi connectivity index (χ1v) is 12.8. The van der Waals surface area contributed by atoms with Gasteiger partial charge in [-0.3, -0.25) is 4.90 Å². The molecule has 3 aliphatic heterocycles. The van der Waals surface area contributed by atoms with E-state index in [9.17, 15) is 8.42 Å². The molecule has 0 aromatic heterocycles. The predicted molar refractivity (Wildman–Crippen MR) is 119 cm³/mol. The number of methoxy groups -OCH3 is 1. The van der Waals surface area contributed by atoms with Crippen molar-refractivity contribution in [1.29, 1.82) is 0 Å². The van der Waals surface area contributed by atoms with Crippen molar-refractivity contribution in [2.75, 3.05) is 40.0 Å². The molecule has 33 heavy (non-hydrogen) atoms. The summed E-state index contributed by atoms with van der Waals surface area (Å²) in [6.45, 7) is 2.43. The van der Waals surface area contributed by atoms with Gasteiger partial charge >= 0.3 is 0 Å². The molecule has 8 nitrogen and oxygen atoms in total. The van der Waals surface area contributed by atoms with Crippen LogP contribution in [0.15, 0.2) is 65.6 Å². The Morgan fingerprint density at radius 2 is 1.61 bits per heavy atom. The summed E-state index contributed by atoms with van der Waals surface area (Å²) in [6, 6.07) is 17.5. The molecule has 0 aliphatic carbocycles. The largest absolute Gasteiger partial charge is 0.379 e. The number of benzene rings is 2. The summed E-state index contributed by atoms with van der Waals surface area (Å²) in [5.74, 6) is 0. The average molecular weight is 476 g/mol. The molecule has 3 saturated heterocycles. The Kier molecular flexibility index (Phi) is 6.80. The van der Waals surface area contributed by atoms with Gasteiger partial charge in [-0.1, -0.05) is 48.5 Å². The third-order valence-corrected chi connectivity index (χ3v) is 8.70. The van der Waals surface area contributed by atoms with Crippen LogP contribution < -0.4 is 0 Å². The maximum atomic E-state index is 14.1. The number of nitrogens with zero attached hydrogens (tertiary/aromatic N) is 1. The van der Waals surface area contributed by atoms with E-state index in [0.29, 0.717) is 26.3 Å². The zero-order chi connectivity index (χ0) is 22.8. The van der Waals surface area contributed by atoms with Crippen LogP contribution in [-0.2, 0) is 33.5 Å². The zero-order valence-corrected chi connectivity index (χ0v) is 19.3. The number of fused-ring (bicyclic) bond motifs is 1. The van der Waals surface area contributed by atoms with Crippen molar-refractivity contribution >= 4 is 9.84 Å². The van der Waals surface area contributed by atoms with Crippen molar-refractivity contribution in [1.82, 2.24) is 4.90 Å². The number of morpholine rings is 1. The molecule has 6 atom stereocenters. The van der Waals surface area contributed by atoms with Gasteiger partial charge in [-0.05, 0) is 12.1 Å². The summed E-state index contributed by atoms with van der Waals surface area (Å²) in [6.07, 6.45) is -2.72. The van der Waals surface area contributed by atoms with Crippen LogP contribution in [0.4, 0.5) is 0 Å². The lowest BCUT2D eigenvalue weighted by atomic mass is 9.96. The molecular formula is C24H29NO7S. The standard InChI is InChI=1S/C24H29NO7S/c1-28-24-20(25-12-14-29-15-13-25)22(33(26,27)18-10-6-3-7-11-18)21-19(31-24)16-30-23(32-21)17-8-4-2-5-9-17/h2-11,19-24H,12-16H2,1H3/t19-,20-,21-,22-,23-,24-/m1/s1. The molecule has 0 saturated carbocycles. The van der Waals surface area contributed by atoms with Gasteiger partial charge in [0, 0.05) is 25.8 Å². The SMILES string of the molecule is CO[C@@H]1O[C@@H]2CO[C@@H](c3ccccc3)O[C@H]2[C@H](S(=O)(=O)c2ccccc2)[C@H]1N1CCOCC1. The molecule has 3 aliphatic rings. The first-order chi connectivity index (χ1) is 16.1. The molecule has 0 radical (unpaired) electrons. The monoisotopic (exact) mass is 475 g/mol. The fourth-order valence-corrected chi connectivity index (χ4v) is 7.03. The van der Waals surface area contributed by atoms with Crippen molar-refractivity contribution in [3.8, 4) is 0 Å². The van der Waals surface area contributed by atoms with Gasteiger partial charge in [0.25, 0.3) is 0 Å². The van der Waals surface area contributed by atoms with Crippen LogP contribution in [0.5, 0.6) is 0 Å². The lowest BCUT2D eigenvalue weighted by Crippen LogP contribution is -2.69. The molecule has 0 unspecified atom stereocenters. The van der Waals surface area contributed by atoms with Crippen molar-refractivity contribution in [2.24, 2.45) is 0 Å². The Hall–Kier alpha value is -1.85. The number of hydrogen-bond donors (Lipinski definition) is 0. The van der Waals surface area contributed by atoms with E-state index in [1.807, 2.05) is 30.3 Å². The van der Waals surface area contributed by atoms with Crippen molar-refractivity contribution < 1.29 is 32.1 Å². The van der Waals surface area contributed by atoms with Gasteiger partial charge in [-0.25, -0.2) is 8.42 Å². The Balaban J connectivity index is 1.56. The molecule has 3 heterocycles. The molecule has 0 amide bonds. The van der Waals surface area contributed by atoms with Crippen molar-refractivity contribution in [3.63, 3.8) is 0 Å². The zero-order valence-electron chi connectivity index (χ0n) is 18.5. The highest BCUT2D eigenvalue weighted by Crippen LogP contribution is 2.40. The minimum Gasteiger partial charge on any atom is -0.379 e. The topological polar surface area (TPSA) is 83.5 Å². The maximum Gasteiger partial charge on any atom is 0.185 e. The van der Waals surface area contributed by atoms with Gasteiger partial charge in [0.05, 0.1) is 30.8 Å². The summed E-state index contributed by atoms with van der Waals surface area (Å²) < 4.78 is 58.0. The van der Waals surface area contributed by atoms with Crippen LogP contribution >= 0.6 is 0 Å². The molecule has 178 valence electrons. The number of sulfone groups is 1. The van der Waals surface area contributed by atoms with Gasteiger partial charge in [0.2, 0.25) is 0 Å². The minimum absolute atomic E-state index is 0.209. The van der Waals surface area contributed by atoms with E-state index in [0.717, 1.165) is 5.56 Å².